The Morgan fingerprint density at radius 3 is 2.67 bits per heavy atom. The van der Waals surface area contributed by atoms with Gasteiger partial charge in [-0.25, -0.2) is 4.39 Å². The third-order valence-corrected chi connectivity index (χ3v) is 3.65. The number of esters is 1. The number of nitrogens with one attached hydrogen (secondary N) is 1. The molecule has 0 bridgehead atoms. The van der Waals surface area contributed by atoms with Crippen molar-refractivity contribution in [3.63, 3.8) is 0 Å². The van der Waals surface area contributed by atoms with Crippen LogP contribution in [0.15, 0.2) is 52.9 Å². The van der Waals surface area contributed by atoms with E-state index in [2.05, 4.69) is 15.5 Å². The molecule has 0 fully saturated rings. The summed E-state index contributed by atoms with van der Waals surface area (Å²) >= 11 is 5.82. The van der Waals surface area contributed by atoms with Crippen molar-refractivity contribution < 1.29 is 23.1 Å². The van der Waals surface area contributed by atoms with E-state index in [0.29, 0.717) is 10.6 Å². The van der Waals surface area contributed by atoms with Gasteiger partial charge < -0.3 is 14.5 Å². The van der Waals surface area contributed by atoms with Gasteiger partial charge in [0.25, 0.3) is 11.8 Å². The number of ether oxygens (including phenoxy) is 1. The highest BCUT2D eigenvalue weighted by Gasteiger charge is 2.13. The molecule has 7 nitrogen and oxygen atoms in total. The van der Waals surface area contributed by atoms with Crippen LogP contribution in [-0.2, 0) is 16.1 Å². The molecule has 0 aliphatic heterocycles. The molecule has 3 aromatic rings. The molecule has 2 aromatic carbocycles. The highest BCUT2D eigenvalue weighted by atomic mass is 35.5. The number of hydrogen-bond donors (Lipinski definition) is 1. The van der Waals surface area contributed by atoms with Crippen molar-refractivity contribution in [1.29, 1.82) is 0 Å². The number of nitrogens with zero attached hydrogens (tertiary/aromatic N) is 2. The average Bonchev–Trinajstić information content (AvgIpc) is 3.14. The third kappa shape index (κ3) is 5.11. The Hall–Kier alpha value is -3.26. The van der Waals surface area contributed by atoms with E-state index in [0.717, 1.165) is 6.07 Å². The summed E-state index contributed by atoms with van der Waals surface area (Å²) in [7, 11) is 0. The first-order chi connectivity index (χ1) is 13.0. The van der Waals surface area contributed by atoms with E-state index in [4.69, 9.17) is 20.8 Å². The monoisotopic (exact) mass is 389 g/mol. The Morgan fingerprint density at radius 1 is 1.15 bits per heavy atom. The second kappa shape index (κ2) is 8.41. The molecule has 27 heavy (non-hydrogen) atoms. The highest BCUT2D eigenvalue weighted by molar-refractivity contribution is 6.30. The van der Waals surface area contributed by atoms with Gasteiger partial charge in [-0.2, -0.15) is 0 Å². The fourth-order valence-corrected chi connectivity index (χ4v) is 2.22. The van der Waals surface area contributed by atoms with Gasteiger partial charge in [0.1, 0.15) is 12.4 Å². The number of amides is 1. The fourth-order valence-electron chi connectivity index (χ4n) is 2.10. The van der Waals surface area contributed by atoms with Crippen LogP contribution in [0.4, 0.5) is 4.39 Å². The topological polar surface area (TPSA) is 94.3 Å². The molecule has 0 aliphatic rings. The lowest BCUT2D eigenvalue weighted by molar-refractivity contribution is -0.144. The summed E-state index contributed by atoms with van der Waals surface area (Å²) in [6.45, 7) is -0.622. The minimum atomic E-state index is -0.703. The summed E-state index contributed by atoms with van der Waals surface area (Å²) in [6, 6.07) is 11.9. The van der Waals surface area contributed by atoms with Crippen molar-refractivity contribution >= 4 is 23.5 Å². The quantitative estimate of drug-likeness (QED) is 0.651. The maximum atomic E-state index is 13.1. The van der Waals surface area contributed by atoms with Crippen molar-refractivity contribution in [2.75, 3.05) is 6.54 Å². The summed E-state index contributed by atoms with van der Waals surface area (Å²) in [5.74, 6) is -1.47. The van der Waals surface area contributed by atoms with E-state index in [1.165, 1.54) is 18.2 Å². The predicted octanol–water partition coefficient (Wildman–Crippen LogP) is 3.00. The standard InChI is InChI=1S/C18H13ClFN3O4/c19-13-6-4-11(5-7-13)18-23-22-15(27-18)10-26-16(24)9-21-17(25)12-2-1-3-14(20)8-12/h1-8H,9-10H2,(H,21,25). The number of hydrogen-bond acceptors (Lipinski definition) is 6. The molecule has 0 saturated carbocycles. The van der Waals surface area contributed by atoms with Crippen molar-refractivity contribution in [3.05, 3.63) is 70.8 Å². The number of aromatic nitrogens is 2. The second-order valence-electron chi connectivity index (χ2n) is 5.36. The molecule has 1 aromatic heterocycles. The fraction of sp³-hybridized carbons (Fsp3) is 0.111. The third-order valence-electron chi connectivity index (χ3n) is 3.39. The average molecular weight is 390 g/mol. The Kier molecular flexibility index (Phi) is 5.77. The largest absolute Gasteiger partial charge is 0.454 e. The zero-order valence-corrected chi connectivity index (χ0v) is 14.6. The van der Waals surface area contributed by atoms with Crippen LogP contribution >= 0.6 is 11.6 Å². The maximum absolute atomic E-state index is 13.1. The Bertz CT molecular complexity index is 959. The molecule has 0 aliphatic carbocycles. The van der Waals surface area contributed by atoms with E-state index in [9.17, 15) is 14.0 Å². The van der Waals surface area contributed by atoms with Crippen molar-refractivity contribution in [3.8, 4) is 11.5 Å². The summed E-state index contributed by atoms with van der Waals surface area (Å²) in [5, 5.41) is 10.6. The molecular weight excluding hydrogens is 377 g/mol. The van der Waals surface area contributed by atoms with Crippen LogP contribution in [0.1, 0.15) is 16.2 Å². The molecular formula is C18H13ClFN3O4. The van der Waals surface area contributed by atoms with Gasteiger partial charge in [-0.15, -0.1) is 10.2 Å². The van der Waals surface area contributed by atoms with Gasteiger partial charge in [-0.1, -0.05) is 17.7 Å². The van der Waals surface area contributed by atoms with E-state index < -0.39 is 17.7 Å². The summed E-state index contributed by atoms with van der Waals surface area (Å²) < 4.78 is 23.4. The van der Waals surface area contributed by atoms with Gasteiger partial charge in [0.15, 0.2) is 6.61 Å². The van der Waals surface area contributed by atoms with Crippen LogP contribution in [0.25, 0.3) is 11.5 Å². The highest BCUT2D eigenvalue weighted by Crippen LogP contribution is 2.20. The van der Waals surface area contributed by atoms with Crippen LogP contribution in [0.2, 0.25) is 5.02 Å². The minimum Gasteiger partial charge on any atom is -0.454 e. The zero-order chi connectivity index (χ0) is 19.2. The van der Waals surface area contributed by atoms with E-state index in [1.807, 2.05) is 0 Å². The first-order valence-electron chi connectivity index (χ1n) is 7.79. The van der Waals surface area contributed by atoms with Crippen molar-refractivity contribution in [2.24, 2.45) is 0 Å². The number of benzene rings is 2. The number of carbonyl (C=O) groups is 2. The molecule has 138 valence electrons. The summed E-state index contributed by atoms with van der Waals surface area (Å²) in [6.07, 6.45) is 0. The van der Waals surface area contributed by atoms with E-state index >= 15 is 0 Å². The molecule has 3 rings (SSSR count). The molecule has 0 saturated heterocycles. The molecule has 0 atom stereocenters. The number of carbonyl (C=O) groups excluding carboxylic acids is 2. The summed E-state index contributed by atoms with van der Waals surface area (Å²) in [5.41, 5.74) is 0.777. The van der Waals surface area contributed by atoms with Gasteiger partial charge in [0, 0.05) is 16.1 Å². The first-order valence-corrected chi connectivity index (χ1v) is 8.17. The van der Waals surface area contributed by atoms with Crippen molar-refractivity contribution in [1.82, 2.24) is 15.5 Å². The lowest BCUT2D eigenvalue weighted by Gasteiger charge is -2.05. The normalized spacial score (nSPS) is 10.4. The Morgan fingerprint density at radius 2 is 1.93 bits per heavy atom. The van der Waals surface area contributed by atoms with Crippen LogP contribution in [0, 0.1) is 5.82 Å². The minimum absolute atomic E-state index is 0.102. The lowest BCUT2D eigenvalue weighted by atomic mass is 10.2. The Labute approximate surface area is 158 Å². The molecule has 1 N–H and O–H groups in total. The molecule has 0 unspecified atom stereocenters. The second-order valence-corrected chi connectivity index (χ2v) is 5.80. The first kappa shape index (κ1) is 18.5. The van der Waals surface area contributed by atoms with E-state index in [-0.39, 0.29) is 30.5 Å². The van der Waals surface area contributed by atoms with Gasteiger partial charge in [-0.3, -0.25) is 9.59 Å². The number of rotatable bonds is 6. The predicted molar refractivity (Wildman–Crippen MR) is 93.3 cm³/mol. The molecule has 1 heterocycles. The molecule has 1 amide bonds. The summed E-state index contributed by atoms with van der Waals surface area (Å²) in [4.78, 5) is 23.5. The van der Waals surface area contributed by atoms with Crippen molar-refractivity contribution in [2.45, 2.75) is 6.61 Å². The van der Waals surface area contributed by atoms with Crippen LogP contribution < -0.4 is 5.32 Å². The van der Waals surface area contributed by atoms with Gasteiger partial charge in [-0.05, 0) is 42.5 Å². The molecule has 9 heteroatoms. The number of halogens is 2. The van der Waals surface area contributed by atoms with Crippen LogP contribution in [0.3, 0.4) is 0 Å². The van der Waals surface area contributed by atoms with Gasteiger partial charge in [0.2, 0.25) is 5.89 Å². The van der Waals surface area contributed by atoms with Crippen LogP contribution in [0.5, 0.6) is 0 Å². The van der Waals surface area contributed by atoms with Crippen LogP contribution in [-0.4, -0.2) is 28.6 Å². The van der Waals surface area contributed by atoms with Gasteiger partial charge in [0.05, 0.1) is 0 Å². The smallest absolute Gasteiger partial charge is 0.325 e. The van der Waals surface area contributed by atoms with Gasteiger partial charge >= 0.3 is 5.97 Å². The van der Waals surface area contributed by atoms with E-state index in [1.54, 1.807) is 24.3 Å². The lowest BCUT2D eigenvalue weighted by Crippen LogP contribution is -2.30. The zero-order valence-electron chi connectivity index (χ0n) is 13.8. The SMILES string of the molecule is O=C(CNC(=O)c1cccc(F)c1)OCc1nnc(-c2ccc(Cl)cc2)o1. The molecule has 0 radical (unpaired) electrons. The molecule has 0 spiro atoms. The Balaban J connectivity index is 1.48. The maximum Gasteiger partial charge on any atom is 0.325 e.